The summed E-state index contributed by atoms with van der Waals surface area (Å²) in [5.41, 5.74) is 1.97. The van der Waals surface area contributed by atoms with E-state index in [0.717, 1.165) is 16.9 Å². The van der Waals surface area contributed by atoms with E-state index in [1.807, 2.05) is 30.3 Å². The predicted octanol–water partition coefficient (Wildman–Crippen LogP) is 1.89. The molecule has 1 saturated heterocycles. The van der Waals surface area contributed by atoms with Gasteiger partial charge in [0.05, 0.1) is 6.54 Å². The molecule has 0 bridgehead atoms. The molecule has 2 aromatic rings. The van der Waals surface area contributed by atoms with E-state index < -0.39 is 19.1 Å². The van der Waals surface area contributed by atoms with E-state index in [0.29, 0.717) is 26.2 Å². The highest BCUT2D eigenvalue weighted by molar-refractivity contribution is 5.74. The first-order valence-electron chi connectivity index (χ1n) is 7.90. The fourth-order valence-electron chi connectivity index (χ4n) is 2.89. The van der Waals surface area contributed by atoms with Gasteiger partial charge >= 0.3 is 0 Å². The van der Waals surface area contributed by atoms with Crippen LogP contribution in [0.4, 0.5) is 14.6 Å². The molecular weight excluding hydrogens is 314 g/mol. The Morgan fingerprint density at radius 3 is 2.46 bits per heavy atom. The van der Waals surface area contributed by atoms with Crippen LogP contribution in [0.2, 0.25) is 0 Å². The Kier molecular flexibility index (Phi) is 5.01. The number of halogens is 2. The molecule has 24 heavy (non-hydrogen) atoms. The van der Waals surface area contributed by atoms with E-state index >= 15 is 0 Å². The number of nitrogens with zero attached hydrogens (tertiary/aromatic N) is 4. The molecule has 1 aromatic heterocycles. The number of benzene rings is 1. The molecule has 3 rings (SSSR count). The van der Waals surface area contributed by atoms with Crippen LogP contribution < -0.4 is 4.90 Å². The van der Waals surface area contributed by atoms with Crippen molar-refractivity contribution in [3.8, 4) is 11.1 Å². The molecular formula is C17H20F2N4O. The maximum Gasteiger partial charge on any atom is 0.283 e. The van der Waals surface area contributed by atoms with Crippen LogP contribution in [0.15, 0.2) is 42.9 Å². The summed E-state index contributed by atoms with van der Waals surface area (Å²) in [6.07, 6.45) is 3.29. The van der Waals surface area contributed by atoms with E-state index in [9.17, 15) is 8.78 Å². The van der Waals surface area contributed by atoms with Gasteiger partial charge in [-0.1, -0.05) is 30.3 Å². The lowest BCUT2D eigenvalue weighted by molar-refractivity contribution is -0.0733. The molecule has 7 heteroatoms. The Bertz CT molecular complexity index is 661. The highest BCUT2D eigenvalue weighted by Gasteiger charge is 2.32. The van der Waals surface area contributed by atoms with Crippen LogP contribution in [-0.2, 0) is 0 Å². The number of rotatable bonds is 5. The molecule has 0 atom stereocenters. The SMILES string of the molecule is OCC(F)(F)CN1CCN(c2ncncc2-c2ccccc2)CC1. The van der Waals surface area contributed by atoms with Crippen LogP contribution in [0.3, 0.4) is 0 Å². The van der Waals surface area contributed by atoms with Gasteiger partial charge in [0.25, 0.3) is 5.92 Å². The maximum absolute atomic E-state index is 13.3. The fraction of sp³-hybridized carbons (Fsp3) is 0.412. The van der Waals surface area contributed by atoms with Gasteiger partial charge in [-0.2, -0.15) is 0 Å². The summed E-state index contributed by atoms with van der Waals surface area (Å²) in [5.74, 6) is -2.23. The molecule has 0 spiro atoms. The molecule has 0 aliphatic carbocycles. The Hall–Kier alpha value is -2.12. The lowest BCUT2D eigenvalue weighted by Gasteiger charge is -2.37. The van der Waals surface area contributed by atoms with Crippen molar-refractivity contribution in [2.45, 2.75) is 5.92 Å². The summed E-state index contributed by atoms with van der Waals surface area (Å²) in [6, 6.07) is 9.87. The molecule has 1 aliphatic heterocycles. The fourth-order valence-corrected chi connectivity index (χ4v) is 2.89. The molecule has 128 valence electrons. The van der Waals surface area contributed by atoms with Crippen LogP contribution in [0.5, 0.6) is 0 Å². The first-order chi connectivity index (χ1) is 11.6. The topological polar surface area (TPSA) is 52.5 Å². The largest absolute Gasteiger partial charge is 0.390 e. The highest BCUT2D eigenvalue weighted by atomic mass is 19.3. The van der Waals surface area contributed by atoms with Crippen molar-refractivity contribution < 1.29 is 13.9 Å². The molecule has 2 heterocycles. The van der Waals surface area contributed by atoms with E-state index in [-0.39, 0.29) is 0 Å². The maximum atomic E-state index is 13.3. The Morgan fingerprint density at radius 2 is 1.79 bits per heavy atom. The Balaban J connectivity index is 1.72. The number of piperazine rings is 1. The molecule has 0 radical (unpaired) electrons. The number of hydrogen-bond acceptors (Lipinski definition) is 5. The van der Waals surface area contributed by atoms with Crippen LogP contribution >= 0.6 is 0 Å². The second-order valence-electron chi connectivity index (χ2n) is 5.90. The number of alkyl halides is 2. The quantitative estimate of drug-likeness (QED) is 0.905. The van der Waals surface area contributed by atoms with Crippen LogP contribution in [0, 0.1) is 0 Å². The smallest absolute Gasteiger partial charge is 0.283 e. The number of aromatic nitrogens is 2. The lowest BCUT2D eigenvalue weighted by atomic mass is 10.1. The minimum absolute atomic E-state index is 0.410. The van der Waals surface area contributed by atoms with E-state index in [4.69, 9.17) is 5.11 Å². The molecule has 0 saturated carbocycles. The number of aliphatic hydroxyl groups is 1. The van der Waals surface area contributed by atoms with Gasteiger partial charge in [0.15, 0.2) is 0 Å². The van der Waals surface area contributed by atoms with Crippen molar-refractivity contribution in [2.75, 3.05) is 44.2 Å². The minimum Gasteiger partial charge on any atom is -0.390 e. The van der Waals surface area contributed by atoms with Gasteiger partial charge in [-0.25, -0.2) is 18.7 Å². The van der Waals surface area contributed by atoms with Gasteiger partial charge in [0.2, 0.25) is 0 Å². The second-order valence-corrected chi connectivity index (χ2v) is 5.90. The van der Waals surface area contributed by atoms with Crippen LogP contribution in [0.1, 0.15) is 0 Å². The third-order valence-corrected chi connectivity index (χ3v) is 4.13. The molecule has 1 N–H and O–H groups in total. The van der Waals surface area contributed by atoms with Crippen LogP contribution in [-0.4, -0.2) is 65.2 Å². The van der Waals surface area contributed by atoms with Crippen molar-refractivity contribution in [1.29, 1.82) is 0 Å². The van der Waals surface area contributed by atoms with Gasteiger partial charge in [-0.3, -0.25) is 4.90 Å². The van der Waals surface area contributed by atoms with E-state index in [1.165, 1.54) is 6.33 Å². The Morgan fingerprint density at radius 1 is 1.08 bits per heavy atom. The van der Waals surface area contributed by atoms with Gasteiger partial charge in [0.1, 0.15) is 18.8 Å². The van der Waals surface area contributed by atoms with E-state index in [1.54, 1.807) is 11.1 Å². The van der Waals surface area contributed by atoms with Gasteiger partial charge < -0.3 is 10.0 Å². The zero-order valence-electron chi connectivity index (χ0n) is 13.3. The number of aliphatic hydroxyl groups excluding tert-OH is 1. The third-order valence-electron chi connectivity index (χ3n) is 4.13. The lowest BCUT2D eigenvalue weighted by Crippen LogP contribution is -2.51. The molecule has 1 aromatic carbocycles. The molecule has 1 fully saturated rings. The van der Waals surface area contributed by atoms with E-state index in [2.05, 4.69) is 14.9 Å². The first kappa shape index (κ1) is 16.7. The highest BCUT2D eigenvalue weighted by Crippen LogP contribution is 2.28. The summed E-state index contributed by atoms with van der Waals surface area (Å²) in [5, 5.41) is 8.71. The van der Waals surface area contributed by atoms with Crippen molar-refractivity contribution in [3.63, 3.8) is 0 Å². The molecule has 5 nitrogen and oxygen atoms in total. The van der Waals surface area contributed by atoms with Gasteiger partial charge in [0, 0.05) is 37.9 Å². The average Bonchev–Trinajstić information content (AvgIpc) is 2.63. The van der Waals surface area contributed by atoms with Gasteiger partial charge in [-0.05, 0) is 5.56 Å². The van der Waals surface area contributed by atoms with Crippen molar-refractivity contribution in [1.82, 2.24) is 14.9 Å². The monoisotopic (exact) mass is 334 g/mol. The zero-order chi connectivity index (χ0) is 17.0. The van der Waals surface area contributed by atoms with Gasteiger partial charge in [-0.15, -0.1) is 0 Å². The second kappa shape index (κ2) is 7.19. The number of anilines is 1. The van der Waals surface area contributed by atoms with Crippen LogP contribution in [0.25, 0.3) is 11.1 Å². The summed E-state index contributed by atoms with van der Waals surface area (Å²) < 4.78 is 26.6. The third kappa shape index (κ3) is 3.85. The average molecular weight is 334 g/mol. The molecule has 0 unspecified atom stereocenters. The van der Waals surface area contributed by atoms with Crippen molar-refractivity contribution in [3.05, 3.63) is 42.9 Å². The molecule has 1 aliphatic rings. The molecule has 0 amide bonds. The standard InChI is InChI=1S/C17H20F2N4O/c18-17(19,12-24)11-22-6-8-23(9-7-22)16-15(10-20-13-21-16)14-4-2-1-3-5-14/h1-5,10,13,24H,6-9,11-12H2. The Labute approximate surface area is 139 Å². The normalized spacial score (nSPS) is 16.4. The first-order valence-corrected chi connectivity index (χ1v) is 7.90. The summed E-state index contributed by atoms with van der Waals surface area (Å²) >= 11 is 0. The summed E-state index contributed by atoms with van der Waals surface area (Å²) in [6.45, 7) is 0.711. The number of hydrogen-bond donors (Lipinski definition) is 1. The van der Waals surface area contributed by atoms with Crippen molar-refractivity contribution in [2.24, 2.45) is 0 Å². The van der Waals surface area contributed by atoms with Crippen molar-refractivity contribution >= 4 is 5.82 Å². The predicted molar refractivity (Wildman–Crippen MR) is 88.2 cm³/mol. The summed E-state index contributed by atoms with van der Waals surface area (Å²) in [7, 11) is 0. The zero-order valence-corrected chi connectivity index (χ0v) is 13.3. The minimum atomic E-state index is -3.05. The summed E-state index contributed by atoms with van der Waals surface area (Å²) in [4.78, 5) is 12.3.